The highest BCUT2D eigenvalue weighted by atomic mass is 32.2. The van der Waals surface area contributed by atoms with Gasteiger partial charge in [0.1, 0.15) is 5.75 Å². The van der Waals surface area contributed by atoms with E-state index in [-0.39, 0.29) is 6.61 Å². The molecule has 3 aromatic rings. The molecule has 2 aromatic carbocycles. The predicted molar refractivity (Wildman–Crippen MR) is 99.9 cm³/mol. The van der Waals surface area contributed by atoms with Gasteiger partial charge >= 0.3 is 0 Å². The van der Waals surface area contributed by atoms with Crippen molar-refractivity contribution in [3.63, 3.8) is 0 Å². The molecule has 25 heavy (non-hydrogen) atoms. The maximum absolute atomic E-state index is 5.69. The van der Waals surface area contributed by atoms with Crippen molar-refractivity contribution in [2.24, 2.45) is 0 Å². The zero-order valence-electron chi connectivity index (χ0n) is 14.5. The second-order valence-electron chi connectivity index (χ2n) is 6.02. The van der Waals surface area contributed by atoms with Gasteiger partial charge in [-0.15, -0.1) is 10.2 Å². The van der Waals surface area contributed by atoms with E-state index in [0.29, 0.717) is 16.4 Å². The third kappa shape index (κ3) is 5.64. The number of aryl methyl sites for hydroxylation is 2. The van der Waals surface area contributed by atoms with Gasteiger partial charge in [0.2, 0.25) is 0 Å². The molecule has 1 aromatic heterocycles. The molecule has 3 rings (SSSR count). The van der Waals surface area contributed by atoms with Gasteiger partial charge in [0.15, 0.2) is 6.61 Å². The topological polar surface area (TPSA) is 48.2 Å². The van der Waals surface area contributed by atoms with Crippen LogP contribution in [0.4, 0.5) is 0 Å². The molecule has 1 unspecified atom stereocenters. The quantitative estimate of drug-likeness (QED) is 0.529. The van der Waals surface area contributed by atoms with Crippen molar-refractivity contribution in [1.29, 1.82) is 0 Å². The number of benzene rings is 2. The fourth-order valence-corrected chi connectivity index (χ4v) is 3.25. The molecule has 0 aliphatic heterocycles. The molecule has 0 bridgehead atoms. The largest absolute Gasteiger partial charge is 0.484 e. The lowest BCUT2D eigenvalue weighted by Crippen LogP contribution is -1.98. The highest BCUT2D eigenvalue weighted by Gasteiger charge is 2.12. The van der Waals surface area contributed by atoms with E-state index < -0.39 is 0 Å². The number of ether oxygens (including phenoxy) is 1. The standard InChI is InChI=1S/C20H22N2O2S/c1-15-7-6-10-18(13-15)23-14-19-21-22-20(24-19)25-16(2)11-12-17-8-4-3-5-9-17/h3-10,13,16H,11-12,14H2,1-2H3. The lowest BCUT2D eigenvalue weighted by atomic mass is 10.1. The average Bonchev–Trinajstić information content (AvgIpc) is 3.06. The van der Waals surface area contributed by atoms with E-state index in [9.17, 15) is 0 Å². The summed E-state index contributed by atoms with van der Waals surface area (Å²) in [4.78, 5) is 0. The second kappa shape index (κ2) is 8.72. The molecular weight excluding hydrogens is 332 g/mol. The Morgan fingerprint density at radius 1 is 1.08 bits per heavy atom. The zero-order valence-corrected chi connectivity index (χ0v) is 15.3. The Morgan fingerprint density at radius 2 is 1.92 bits per heavy atom. The SMILES string of the molecule is Cc1cccc(OCc2nnc(SC(C)CCc3ccccc3)o2)c1. The summed E-state index contributed by atoms with van der Waals surface area (Å²) in [7, 11) is 0. The molecule has 0 N–H and O–H groups in total. The minimum Gasteiger partial charge on any atom is -0.484 e. The molecule has 0 saturated heterocycles. The lowest BCUT2D eigenvalue weighted by Gasteiger charge is -2.08. The van der Waals surface area contributed by atoms with Crippen molar-refractivity contribution in [3.05, 3.63) is 71.6 Å². The third-order valence-electron chi connectivity index (χ3n) is 3.78. The molecule has 5 heteroatoms. The Bertz CT molecular complexity index is 789. The maximum Gasteiger partial charge on any atom is 0.276 e. The van der Waals surface area contributed by atoms with Crippen LogP contribution in [0.25, 0.3) is 0 Å². The van der Waals surface area contributed by atoms with Crippen LogP contribution in [0.1, 0.15) is 30.4 Å². The molecular formula is C20H22N2O2S. The molecule has 0 amide bonds. The highest BCUT2D eigenvalue weighted by Crippen LogP contribution is 2.25. The molecule has 4 nitrogen and oxygen atoms in total. The van der Waals surface area contributed by atoms with Gasteiger partial charge < -0.3 is 9.15 Å². The minimum atomic E-state index is 0.287. The van der Waals surface area contributed by atoms with Gasteiger partial charge in [0.25, 0.3) is 11.1 Å². The van der Waals surface area contributed by atoms with Crippen LogP contribution >= 0.6 is 11.8 Å². The molecule has 0 aliphatic carbocycles. The van der Waals surface area contributed by atoms with Gasteiger partial charge in [-0.2, -0.15) is 0 Å². The van der Waals surface area contributed by atoms with Crippen molar-refractivity contribution in [1.82, 2.24) is 10.2 Å². The van der Waals surface area contributed by atoms with Crippen LogP contribution in [0.2, 0.25) is 0 Å². The van der Waals surface area contributed by atoms with Crippen LogP contribution in [-0.2, 0) is 13.0 Å². The fourth-order valence-electron chi connectivity index (χ4n) is 2.44. The Balaban J connectivity index is 1.46. The van der Waals surface area contributed by atoms with E-state index in [1.165, 1.54) is 5.56 Å². The van der Waals surface area contributed by atoms with Crippen molar-refractivity contribution in [2.45, 2.75) is 43.8 Å². The van der Waals surface area contributed by atoms with E-state index >= 15 is 0 Å². The fraction of sp³-hybridized carbons (Fsp3) is 0.300. The van der Waals surface area contributed by atoms with Crippen LogP contribution in [0, 0.1) is 6.92 Å². The Hall–Kier alpha value is -2.27. The molecule has 0 radical (unpaired) electrons. The smallest absolute Gasteiger partial charge is 0.276 e. The molecule has 130 valence electrons. The number of hydrogen-bond acceptors (Lipinski definition) is 5. The Labute approximate surface area is 152 Å². The molecule has 0 saturated carbocycles. The number of nitrogens with zero attached hydrogens (tertiary/aromatic N) is 2. The number of aromatic nitrogens is 2. The molecule has 0 aliphatic rings. The normalized spacial score (nSPS) is 12.1. The summed E-state index contributed by atoms with van der Waals surface area (Å²) in [5, 5.41) is 9.18. The summed E-state index contributed by atoms with van der Waals surface area (Å²) in [6, 6.07) is 18.4. The van der Waals surface area contributed by atoms with E-state index in [2.05, 4.69) is 41.4 Å². The third-order valence-corrected chi connectivity index (χ3v) is 4.79. The van der Waals surface area contributed by atoms with Crippen molar-refractivity contribution in [3.8, 4) is 5.75 Å². The van der Waals surface area contributed by atoms with E-state index in [0.717, 1.165) is 24.2 Å². The number of hydrogen-bond donors (Lipinski definition) is 0. The van der Waals surface area contributed by atoms with E-state index in [1.807, 2.05) is 37.3 Å². The average molecular weight is 354 g/mol. The molecule has 1 atom stereocenters. The molecule has 1 heterocycles. The van der Waals surface area contributed by atoms with Crippen LogP contribution in [0.5, 0.6) is 5.75 Å². The highest BCUT2D eigenvalue weighted by molar-refractivity contribution is 7.99. The zero-order chi connectivity index (χ0) is 17.5. The van der Waals surface area contributed by atoms with E-state index in [4.69, 9.17) is 9.15 Å². The first-order chi connectivity index (χ1) is 12.2. The maximum atomic E-state index is 5.69. The van der Waals surface area contributed by atoms with Crippen LogP contribution in [-0.4, -0.2) is 15.4 Å². The Morgan fingerprint density at radius 3 is 2.72 bits per heavy atom. The van der Waals surface area contributed by atoms with Crippen LogP contribution in [0.3, 0.4) is 0 Å². The minimum absolute atomic E-state index is 0.287. The van der Waals surface area contributed by atoms with Gasteiger partial charge in [-0.25, -0.2) is 0 Å². The van der Waals surface area contributed by atoms with Gasteiger partial charge in [0.05, 0.1) is 0 Å². The summed E-state index contributed by atoms with van der Waals surface area (Å²) in [6.45, 7) is 4.50. The van der Waals surface area contributed by atoms with Gasteiger partial charge in [-0.3, -0.25) is 0 Å². The summed E-state index contributed by atoms with van der Waals surface area (Å²) in [5.74, 6) is 1.31. The molecule has 0 spiro atoms. The molecule has 0 fully saturated rings. The van der Waals surface area contributed by atoms with Crippen LogP contribution in [0.15, 0.2) is 64.2 Å². The van der Waals surface area contributed by atoms with Gasteiger partial charge in [-0.1, -0.05) is 61.2 Å². The summed E-state index contributed by atoms with van der Waals surface area (Å²) >= 11 is 1.61. The van der Waals surface area contributed by atoms with Gasteiger partial charge in [-0.05, 0) is 43.0 Å². The predicted octanol–water partition coefficient (Wildman–Crippen LogP) is 5.07. The van der Waals surface area contributed by atoms with Crippen LogP contribution < -0.4 is 4.74 Å². The van der Waals surface area contributed by atoms with Crippen molar-refractivity contribution in [2.75, 3.05) is 0 Å². The van der Waals surface area contributed by atoms with Crippen molar-refractivity contribution < 1.29 is 9.15 Å². The van der Waals surface area contributed by atoms with Crippen molar-refractivity contribution >= 4 is 11.8 Å². The van der Waals surface area contributed by atoms with Gasteiger partial charge in [0, 0.05) is 5.25 Å². The Kier molecular flexibility index (Phi) is 6.12. The lowest BCUT2D eigenvalue weighted by molar-refractivity contribution is 0.252. The first kappa shape index (κ1) is 17.5. The first-order valence-electron chi connectivity index (χ1n) is 8.41. The summed E-state index contributed by atoms with van der Waals surface area (Å²) in [6.07, 6.45) is 2.11. The second-order valence-corrected chi connectivity index (χ2v) is 7.41. The monoisotopic (exact) mass is 354 g/mol. The number of thioether (sulfide) groups is 1. The summed E-state index contributed by atoms with van der Waals surface area (Å²) < 4.78 is 11.4. The number of rotatable bonds is 8. The summed E-state index contributed by atoms with van der Waals surface area (Å²) in [5.41, 5.74) is 2.51. The van der Waals surface area contributed by atoms with E-state index in [1.54, 1.807) is 11.8 Å². The first-order valence-corrected chi connectivity index (χ1v) is 9.29.